The molecule has 0 aromatic rings. The van der Waals surface area contributed by atoms with Crippen molar-refractivity contribution in [3.05, 3.63) is 0 Å². The van der Waals surface area contributed by atoms with E-state index in [1.54, 1.807) is 0 Å². The lowest BCUT2D eigenvalue weighted by molar-refractivity contribution is -0.151. The molecule has 0 heterocycles. The first kappa shape index (κ1) is 17.7. The van der Waals surface area contributed by atoms with Crippen molar-refractivity contribution in [2.75, 3.05) is 39.8 Å². The van der Waals surface area contributed by atoms with E-state index in [0.29, 0.717) is 12.5 Å². The Labute approximate surface area is 119 Å². The Morgan fingerprint density at radius 2 is 2.10 bits per heavy atom. The van der Waals surface area contributed by atoms with E-state index >= 15 is 0 Å². The highest BCUT2D eigenvalue weighted by Gasteiger charge is 2.38. The van der Waals surface area contributed by atoms with Crippen molar-refractivity contribution in [1.82, 2.24) is 10.2 Å². The summed E-state index contributed by atoms with van der Waals surface area (Å²) < 4.78 is 37.9. The van der Waals surface area contributed by atoms with Crippen LogP contribution < -0.4 is 5.32 Å². The fourth-order valence-corrected chi connectivity index (χ4v) is 3.59. The molecule has 3 nitrogen and oxygen atoms in total. The monoisotopic (exact) mass is 296 g/mol. The Kier molecular flexibility index (Phi) is 6.75. The first-order valence-corrected chi connectivity index (χ1v) is 7.35. The van der Waals surface area contributed by atoms with Gasteiger partial charge in [-0.25, -0.2) is 0 Å². The average Bonchev–Trinajstić information content (AvgIpc) is 2.26. The number of aliphatic hydroxyl groups is 1. The maximum absolute atomic E-state index is 12.6. The summed E-state index contributed by atoms with van der Waals surface area (Å²) in [5.74, 6) is 0.555. The van der Waals surface area contributed by atoms with Gasteiger partial charge in [-0.05, 0) is 31.2 Å². The first-order chi connectivity index (χ1) is 9.30. The predicted molar refractivity (Wildman–Crippen MR) is 73.6 cm³/mol. The molecule has 0 saturated heterocycles. The first-order valence-electron chi connectivity index (χ1n) is 7.35. The Morgan fingerprint density at radius 1 is 1.40 bits per heavy atom. The smallest absolute Gasteiger partial charge is 0.395 e. The van der Waals surface area contributed by atoms with Gasteiger partial charge in [0.15, 0.2) is 0 Å². The molecular formula is C14H27F3N2O. The summed E-state index contributed by atoms with van der Waals surface area (Å²) in [6, 6.07) is 0. The molecule has 2 N–H and O–H groups in total. The Hall–Kier alpha value is -0.330. The molecule has 0 bridgehead atoms. The van der Waals surface area contributed by atoms with Gasteiger partial charge in [0.05, 0.1) is 13.2 Å². The molecule has 1 aliphatic carbocycles. The van der Waals surface area contributed by atoms with Crippen LogP contribution in [0.2, 0.25) is 0 Å². The van der Waals surface area contributed by atoms with Gasteiger partial charge in [-0.1, -0.05) is 19.8 Å². The van der Waals surface area contributed by atoms with E-state index < -0.39 is 12.7 Å². The van der Waals surface area contributed by atoms with Crippen molar-refractivity contribution >= 4 is 0 Å². The second-order valence-electron chi connectivity index (χ2n) is 6.28. The van der Waals surface area contributed by atoms with Gasteiger partial charge in [0.1, 0.15) is 0 Å². The molecule has 0 aromatic carbocycles. The van der Waals surface area contributed by atoms with Crippen molar-refractivity contribution in [3.63, 3.8) is 0 Å². The molecule has 1 rings (SSSR count). The van der Waals surface area contributed by atoms with Crippen LogP contribution in [0.4, 0.5) is 13.2 Å². The molecule has 1 aliphatic rings. The van der Waals surface area contributed by atoms with E-state index in [4.69, 9.17) is 5.11 Å². The third-order valence-corrected chi connectivity index (χ3v) is 4.12. The van der Waals surface area contributed by atoms with Crippen LogP contribution in [0.1, 0.15) is 32.6 Å². The van der Waals surface area contributed by atoms with Crippen LogP contribution in [-0.4, -0.2) is 56.0 Å². The van der Waals surface area contributed by atoms with Crippen molar-refractivity contribution in [2.45, 2.75) is 38.8 Å². The lowest BCUT2D eigenvalue weighted by Gasteiger charge is -2.43. The van der Waals surface area contributed by atoms with Crippen molar-refractivity contribution in [3.8, 4) is 0 Å². The maximum Gasteiger partial charge on any atom is 0.401 e. The number of hydrogen-bond acceptors (Lipinski definition) is 3. The zero-order valence-corrected chi connectivity index (χ0v) is 12.5. The van der Waals surface area contributed by atoms with Crippen LogP contribution in [-0.2, 0) is 0 Å². The molecule has 1 fully saturated rings. The second-order valence-corrected chi connectivity index (χ2v) is 6.28. The van der Waals surface area contributed by atoms with E-state index in [1.807, 2.05) is 7.05 Å². The molecule has 0 radical (unpaired) electrons. The van der Waals surface area contributed by atoms with Gasteiger partial charge < -0.3 is 10.4 Å². The number of hydrogen-bond donors (Lipinski definition) is 2. The SMILES string of the molecule is CNCC1(CN(CCO)CC(F)(F)F)CCCC(C)C1. The van der Waals surface area contributed by atoms with Gasteiger partial charge in [0.2, 0.25) is 0 Å². The molecular weight excluding hydrogens is 269 g/mol. The second kappa shape index (κ2) is 7.61. The van der Waals surface area contributed by atoms with Crippen LogP contribution in [0.3, 0.4) is 0 Å². The summed E-state index contributed by atoms with van der Waals surface area (Å²) in [5, 5.41) is 12.1. The molecule has 20 heavy (non-hydrogen) atoms. The normalized spacial score (nSPS) is 28.1. The van der Waals surface area contributed by atoms with E-state index in [0.717, 1.165) is 32.2 Å². The van der Waals surface area contributed by atoms with Crippen LogP contribution >= 0.6 is 0 Å². The zero-order valence-electron chi connectivity index (χ0n) is 12.5. The quantitative estimate of drug-likeness (QED) is 0.756. The number of alkyl halides is 3. The number of nitrogens with one attached hydrogen (secondary N) is 1. The summed E-state index contributed by atoms with van der Waals surface area (Å²) in [6.07, 6.45) is -0.0750. The topological polar surface area (TPSA) is 35.5 Å². The molecule has 2 unspecified atom stereocenters. The summed E-state index contributed by atoms with van der Waals surface area (Å²) >= 11 is 0. The fourth-order valence-electron chi connectivity index (χ4n) is 3.59. The van der Waals surface area contributed by atoms with Crippen molar-refractivity contribution < 1.29 is 18.3 Å². The van der Waals surface area contributed by atoms with Crippen molar-refractivity contribution in [1.29, 1.82) is 0 Å². The van der Waals surface area contributed by atoms with Gasteiger partial charge in [0.25, 0.3) is 0 Å². The largest absolute Gasteiger partial charge is 0.401 e. The highest BCUT2D eigenvalue weighted by Crippen LogP contribution is 2.40. The molecule has 0 spiro atoms. The molecule has 0 amide bonds. The summed E-state index contributed by atoms with van der Waals surface area (Å²) in [7, 11) is 1.85. The summed E-state index contributed by atoms with van der Waals surface area (Å²) in [4.78, 5) is 1.36. The lowest BCUT2D eigenvalue weighted by Crippen LogP contribution is -2.49. The summed E-state index contributed by atoms with van der Waals surface area (Å²) in [5.41, 5.74) is -0.104. The minimum atomic E-state index is -4.21. The third-order valence-electron chi connectivity index (χ3n) is 4.12. The van der Waals surface area contributed by atoms with Crippen LogP contribution in [0.15, 0.2) is 0 Å². The molecule has 2 atom stereocenters. The lowest BCUT2D eigenvalue weighted by atomic mass is 9.69. The fraction of sp³-hybridized carbons (Fsp3) is 1.00. The standard InChI is InChI=1S/C14H27F3N2O/c1-12-4-3-5-13(8-12,9-18-2)10-19(6-7-20)11-14(15,16)17/h12,18,20H,3-11H2,1-2H3. The van der Waals surface area contributed by atoms with Gasteiger partial charge >= 0.3 is 6.18 Å². The van der Waals surface area contributed by atoms with Crippen LogP contribution in [0.25, 0.3) is 0 Å². The Bertz CT molecular complexity index is 282. The van der Waals surface area contributed by atoms with Crippen LogP contribution in [0.5, 0.6) is 0 Å². The molecule has 1 saturated carbocycles. The summed E-state index contributed by atoms with van der Waals surface area (Å²) in [6.45, 7) is 2.22. The molecule has 120 valence electrons. The molecule has 0 aliphatic heterocycles. The minimum absolute atomic E-state index is 0.0827. The van der Waals surface area contributed by atoms with Gasteiger partial charge in [-0.2, -0.15) is 13.2 Å². The number of aliphatic hydroxyl groups excluding tert-OH is 1. The van der Waals surface area contributed by atoms with Crippen LogP contribution in [0, 0.1) is 11.3 Å². The number of halogens is 3. The Balaban J connectivity index is 2.74. The van der Waals surface area contributed by atoms with E-state index in [9.17, 15) is 13.2 Å². The molecule has 6 heteroatoms. The molecule has 0 aromatic heterocycles. The highest BCUT2D eigenvalue weighted by atomic mass is 19.4. The number of rotatable bonds is 7. The van der Waals surface area contributed by atoms with Gasteiger partial charge in [-0.3, -0.25) is 4.90 Å². The predicted octanol–water partition coefficient (Wildman–Crippen LogP) is 2.26. The van der Waals surface area contributed by atoms with E-state index in [2.05, 4.69) is 12.2 Å². The minimum Gasteiger partial charge on any atom is -0.395 e. The number of nitrogens with zero attached hydrogens (tertiary/aromatic N) is 1. The van der Waals surface area contributed by atoms with E-state index in [-0.39, 0.29) is 18.6 Å². The van der Waals surface area contributed by atoms with Crippen molar-refractivity contribution in [2.24, 2.45) is 11.3 Å². The van der Waals surface area contributed by atoms with Gasteiger partial charge in [-0.15, -0.1) is 0 Å². The maximum atomic E-state index is 12.6. The Morgan fingerprint density at radius 3 is 2.60 bits per heavy atom. The van der Waals surface area contributed by atoms with Gasteiger partial charge in [0, 0.05) is 19.6 Å². The van der Waals surface area contributed by atoms with E-state index in [1.165, 1.54) is 4.90 Å². The zero-order chi connectivity index (χ0) is 15.2. The average molecular weight is 296 g/mol. The third kappa shape index (κ3) is 5.97. The highest BCUT2D eigenvalue weighted by molar-refractivity contribution is 4.90.